The summed E-state index contributed by atoms with van der Waals surface area (Å²) in [5, 5.41) is 0. The Hall–Kier alpha value is -3.76. The first-order chi connectivity index (χ1) is 26.1. The second-order valence-corrected chi connectivity index (χ2v) is 21.0. The summed E-state index contributed by atoms with van der Waals surface area (Å²) in [4.78, 5) is 5.81. The number of benzene rings is 4. The van der Waals surface area contributed by atoms with Gasteiger partial charge in [0.25, 0.3) is 6.71 Å². The summed E-state index contributed by atoms with van der Waals surface area (Å²) in [7, 11) is 0. The zero-order chi connectivity index (χ0) is 41.8. The Morgan fingerprint density at radius 1 is 0.604 bits per heavy atom. The number of hydrogen-bond acceptors (Lipinski definition) is 3. The fourth-order valence-corrected chi connectivity index (χ4v) is 10.3. The molecule has 3 aliphatic rings. The van der Waals surface area contributed by atoms with Gasteiger partial charge in [-0.1, -0.05) is 126 Å². The molecule has 0 radical (unpaired) electrons. The molecule has 0 atom stereocenters. The lowest BCUT2D eigenvalue weighted by atomic mass is 9.35. The summed E-state index contributed by atoms with van der Waals surface area (Å²) in [6.45, 7) is 30.1. The fourth-order valence-electron chi connectivity index (χ4n) is 8.64. The van der Waals surface area contributed by atoms with Crippen LogP contribution in [0.5, 0.6) is 0 Å². The number of aryl methyl sites for hydroxylation is 1. The molecule has 8 rings (SSSR count). The Morgan fingerprint density at radius 2 is 1.08 bits per heavy atom. The average Bonchev–Trinajstić information content (AvgIpc) is 3.51. The fraction of sp³-hybridized carbons (Fsp3) is 0.429. The number of nitrogens with zero attached hydrogens (tertiary/aromatic N) is 2. The van der Waals surface area contributed by atoms with Gasteiger partial charge in [0.2, 0.25) is 0 Å². The standard InChI is InChI=1S/C49H59BN2S/c1-30-27-38-41-39(28-30)52(35-22-17-32(18-23-35)46(5,6)7)42-40-43(49(13,14)26-25-48(40,11)12)53-44(42)50(41)36-29-33(47(8,9)10)19-24-37(36)51(38)34-20-15-31(16-21-34)45(2,3)4/h15-24,27-29H,25-26H2,1-14H3/i25D2,26D2. The number of anilines is 6. The van der Waals surface area contributed by atoms with Crippen molar-refractivity contribution in [2.75, 3.05) is 9.80 Å². The van der Waals surface area contributed by atoms with Crippen LogP contribution in [0.25, 0.3) is 0 Å². The second-order valence-electron chi connectivity index (χ2n) is 20.0. The van der Waals surface area contributed by atoms with E-state index in [1.807, 2.05) is 27.7 Å². The summed E-state index contributed by atoms with van der Waals surface area (Å²) >= 11 is 1.71. The summed E-state index contributed by atoms with van der Waals surface area (Å²) < 4.78 is 39.4. The third-order valence-electron chi connectivity index (χ3n) is 11.8. The number of fused-ring (bicyclic) bond motifs is 6. The van der Waals surface area contributed by atoms with Gasteiger partial charge in [0.15, 0.2) is 0 Å². The highest BCUT2D eigenvalue weighted by Crippen LogP contribution is 2.56. The van der Waals surface area contributed by atoms with Gasteiger partial charge in [0.1, 0.15) is 0 Å². The van der Waals surface area contributed by atoms with E-state index < -0.39 is 23.6 Å². The normalized spacial score (nSPS) is 20.3. The highest BCUT2D eigenvalue weighted by Gasteiger charge is 2.50. The molecule has 53 heavy (non-hydrogen) atoms. The van der Waals surface area contributed by atoms with E-state index in [4.69, 9.17) is 0 Å². The van der Waals surface area contributed by atoms with Crippen LogP contribution in [-0.4, -0.2) is 6.71 Å². The quantitative estimate of drug-likeness (QED) is 0.164. The largest absolute Gasteiger partial charge is 0.311 e. The van der Waals surface area contributed by atoms with Crippen molar-refractivity contribution in [2.24, 2.45) is 0 Å². The molecule has 0 amide bonds. The average molecular weight is 723 g/mol. The smallest absolute Gasteiger partial charge is 0.264 e. The Labute approximate surface area is 330 Å². The van der Waals surface area contributed by atoms with Crippen LogP contribution in [0, 0.1) is 6.92 Å². The molecule has 2 nitrogen and oxygen atoms in total. The molecule has 0 N–H and O–H groups in total. The maximum atomic E-state index is 9.62. The number of thiophene rings is 1. The van der Waals surface area contributed by atoms with Crippen LogP contribution in [0.1, 0.15) is 141 Å². The van der Waals surface area contributed by atoms with Gasteiger partial charge in [-0.05, 0) is 128 Å². The van der Waals surface area contributed by atoms with E-state index in [9.17, 15) is 5.48 Å². The van der Waals surface area contributed by atoms with E-state index in [0.717, 1.165) is 54.9 Å². The van der Waals surface area contributed by atoms with Crippen LogP contribution in [0.4, 0.5) is 34.1 Å². The predicted molar refractivity (Wildman–Crippen MR) is 234 cm³/mol. The molecule has 0 fully saturated rings. The Kier molecular flexibility index (Phi) is 6.93. The molecule has 0 bridgehead atoms. The van der Waals surface area contributed by atoms with Gasteiger partial charge in [0.05, 0.1) is 5.69 Å². The van der Waals surface area contributed by atoms with E-state index in [1.165, 1.54) is 27.6 Å². The van der Waals surface area contributed by atoms with Gasteiger partial charge in [-0.25, -0.2) is 0 Å². The van der Waals surface area contributed by atoms with Crippen molar-refractivity contribution in [1.82, 2.24) is 0 Å². The lowest BCUT2D eigenvalue weighted by Crippen LogP contribution is -2.61. The predicted octanol–water partition coefficient (Wildman–Crippen LogP) is 12.4. The Morgan fingerprint density at radius 3 is 1.60 bits per heavy atom. The molecule has 274 valence electrons. The van der Waals surface area contributed by atoms with Crippen LogP contribution in [0.3, 0.4) is 0 Å². The first-order valence-corrected chi connectivity index (χ1v) is 20.2. The van der Waals surface area contributed by atoms with Gasteiger partial charge in [-0.15, -0.1) is 0 Å². The van der Waals surface area contributed by atoms with Crippen molar-refractivity contribution >= 4 is 67.9 Å². The van der Waals surface area contributed by atoms with Gasteiger partial charge < -0.3 is 9.80 Å². The molecule has 0 saturated carbocycles. The van der Waals surface area contributed by atoms with E-state index in [-0.39, 0.29) is 23.0 Å². The van der Waals surface area contributed by atoms with Crippen molar-refractivity contribution in [3.63, 3.8) is 0 Å². The molecular formula is C49H59BN2S. The molecular weight excluding hydrogens is 659 g/mol. The van der Waals surface area contributed by atoms with E-state index >= 15 is 0 Å². The number of rotatable bonds is 2. The van der Waals surface area contributed by atoms with Crippen LogP contribution in [-0.2, 0) is 27.1 Å². The van der Waals surface area contributed by atoms with E-state index in [2.05, 4.69) is 158 Å². The first kappa shape index (κ1) is 31.6. The second kappa shape index (κ2) is 11.6. The zero-order valence-electron chi connectivity index (χ0n) is 38.4. The van der Waals surface area contributed by atoms with E-state index in [0.29, 0.717) is 0 Å². The van der Waals surface area contributed by atoms with Crippen LogP contribution >= 0.6 is 11.3 Å². The lowest BCUT2D eigenvalue weighted by molar-refractivity contribution is 0.339. The molecule has 4 aromatic carbocycles. The first-order valence-electron chi connectivity index (χ1n) is 21.4. The number of hydrogen-bond donors (Lipinski definition) is 0. The molecule has 1 aliphatic carbocycles. The van der Waals surface area contributed by atoms with Gasteiger partial charge in [-0.3, -0.25) is 0 Å². The van der Waals surface area contributed by atoms with Crippen molar-refractivity contribution in [3.8, 4) is 0 Å². The summed E-state index contributed by atoms with van der Waals surface area (Å²) in [5.74, 6) is 0. The minimum absolute atomic E-state index is 0.0219. The van der Waals surface area contributed by atoms with Gasteiger partial charge in [0, 0.05) is 43.6 Å². The van der Waals surface area contributed by atoms with Crippen molar-refractivity contribution in [2.45, 2.75) is 137 Å². The Balaban J connectivity index is 1.52. The van der Waals surface area contributed by atoms with Crippen LogP contribution in [0.2, 0.25) is 0 Å². The van der Waals surface area contributed by atoms with Crippen molar-refractivity contribution < 1.29 is 5.48 Å². The third kappa shape index (κ3) is 5.73. The van der Waals surface area contributed by atoms with Gasteiger partial charge in [-0.2, -0.15) is 11.3 Å². The minimum atomic E-state index is -2.16. The molecule has 4 heteroatoms. The maximum absolute atomic E-state index is 9.62. The van der Waals surface area contributed by atoms with Crippen LogP contribution in [0.15, 0.2) is 78.9 Å². The molecule has 1 aromatic heterocycles. The molecule has 3 heterocycles. The molecule has 5 aromatic rings. The molecule has 0 saturated heterocycles. The summed E-state index contributed by atoms with van der Waals surface area (Å²) in [6.07, 6.45) is -4.29. The zero-order valence-corrected chi connectivity index (χ0v) is 35.2. The topological polar surface area (TPSA) is 6.48 Å². The lowest BCUT2D eigenvalue weighted by Gasteiger charge is -2.45. The maximum Gasteiger partial charge on any atom is 0.264 e. The van der Waals surface area contributed by atoms with Crippen molar-refractivity contribution in [1.29, 1.82) is 0 Å². The molecule has 2 aliphatic heterocycles. The minimum Gasteiger partial charge on any atom is -0.311 e. The SMILES string of the molecule is [2H]C1([2H])C(C)(C)c2sc3c(c2C(C)(C)C1([2H])[2H])N(c1ccc(C(C)(C)C)cc1)c1cc(C)cc2c1B3c1cc(C(C)(C)C)ccc1N2c1ccc(C(C)(C)C)cc1. The molecule has 0 unspecified atom stereocenters. The molecule has 0 spiro atoms. The Bertz CT molecular complexity index is 2440. The van der Waals surface area contributed by atoms with Crippen molar-refractivity contribution in [3.05, 3.63) is 112 Å². The monoisotopic (exact) mass is 722 g/mol. The third-order valence-corrected chi connectivity index (χ3v) is 13.3. The van der Waals surface area contributed by atoms with E-state index in [1.54, 1.807) is 11.3 Å². The highest BCUT2D eigenvalue weighted by atomic mass is 32.1. The summed E-state index contributed by atoms with van der Waals surface area (Å²) in [5.41, 5.74) is 12.5. The van der Waals surface area contributed by atoms with Crippen LogP contribution < -0.4 is 25.5 Å². The summed E-state index contributed by atoms with van der Waals surface area (Å²) in [6, 6.07) is 29.7. The van der Waals surface area contributed by atoms with Gasteiger partial charge >= 0.3 is 0 Å². The highest BCUT2D eigenvalue weighted by molar-refractivity contribution is 7.29.